The number of carbonyl (C=O) groups is 3. The second kappa shape index (κ2) is 10.6. The van der Waals surface area contributed by atoms with Crippen molar-refractivity contribution in [2.45, 2.75) is 32.9 Å². The predicted octanol–water partition coefficient (Wildman–Crippen LogP) is -0.235. The second-order valence-electron chi connectivity index (χ2n) is 6.54. The van der Waals surface area contributed by atoms with Crippen molar-refractivity contribution in [3.8, 4) is 0 Å². The van der Waals surface area contributed by atoms with Gasteiger partial charge in [-0.3, -0.25) is 9.59 Å². The Morgan fingerprint density at radius 1 is 1.19 bits per heavy atom. The molecule has 0 heterocycles. The van der Waals surface area contributed by atoms with E-state index in [1.165, 1.54) is 7.11 Å². The molecule has 0 radical (unpaired) electrons. The van der Waals surface area contributed by atoms with Gasteiger partial charge in [-0.25, -0.2) is 4.79 Å². The topological polar surface area (TPSA) is 88.9 Å². The Morgan fingerprint density at radius 3 is 2.31 bits per heavy atom. The van der Waals surface area contributed by atoms with Gasteiger partial charge in [0, 0.05) is 18.2 Å². The number of rotatable bonds is 9. The van der Waals surface area contributed by atoms with Gasteiger partial charge in [0.1, 0.15) is 12.6 Å². The van der Waals surface area contributed by atoms with Gasteiger partial charge in [-0.1, -0.05) is 32.4 Å². The molecule has 2 amide bonds. The Balaban J connectivity index is 2.60. The van der Waals surface area contributed by atoms with Gasteiger partial charge in [0.05, 0.1) is 14.2 Å². The molecule has 0 aliphatic rings. The summed E-state index contributed by atoms with van der Waals surface area (Å²) in [5.41, 5.74) is 1.62. The van der Waals surface area contributed by atoms with Crippen LogP contribution < -0.4 is 15.5 Å². The number of ether oxygens (including phenoxy) is 1. The summed E-state index contributed by atoms with van der Waals surface area (Å²) in [4.78, 5) is 36.7. The molecule has 1 unspecified atom stereocenters. The van der Waals surface area contributed by atoms with Crippen molar-refractivity contribution in [2.24, 2.45) is 5.92 Å². The molecule has 0 aliphatic heterocycles. The average molecular weight is 364 g/mol. The zero-order chi connectivity index (χ0) is 19.7. The van der Waals surface area contributed by atoms with E-state index in [0.29, 0.717) is 12.1 Å². The van der Waals surface area contributed by atoms with Crippen LogP contribution in [0.3, 0.4) is 0 Å². The summed E-state index contributed by atoms with van der Waals surface area (Å²) >= 11 is 0. The van der Waals surface area contributed by atoms with E-state index in [-0.39, 0.29) is 24.3 Å². The third-order valence-electron chi connectivity index (χ3n) is 4.40. The number of quaternary nitrogens is 1. The summed E-state index contributed by atoms with van der Waals surface area (Å²) in [6.07, 6.45) is 0.764. The van der Waals surface area contributed by atoms with Crippen LogP contribution in [0.1, 0.15) is 36.2 Å². The maximum Gasteiger partial charge on any atom is 0.328 e. The van der Waals surface area contributed by atoms with Crippen molar-refractivity contribution in [3.63, 3.8) is 0 Å². The molecule has 144 valence electrons. The van der Waals surface area contributed by atoms with Crippen molar-refractivity contribution in [1.82, 2.24) is 10.6 Å². The van der Waals surface area contributed by atoms with Gasteiger partial charge in [-0.2, -0.15) is 0 Å². The van der Waals surface area contributed by atoms with Crippen molar-refractivity contribution >= 4 is 17.8 Å². The van der Waals surface area contributed by atoms with Crippen LogP contribution in [-0.4, -0.2) is 51.6 Å². The van der Waals surface area contributed by atoms with Crippen LogP contribution in [0.15, 0.2) is 24.3 Å². The lowest BCUT2D eigenvalue weighted by molar-refractivity contribution is -0.885. The van der Waals surface area contributed by atoms with Crippen molar-refractivity contribution in [2.75, 3.05) is 27.7 Å². The summed E-state index contributed by atoms with van der Waals surface area (Å²) < 4.78 is 4.78. The number of nitrogens with one attached hydrogen (secondary N) is 3. The van der Waals surface area contributed by atoms with E-state index in [4.69, 9.17) is 4.74 Å². The number of esters is 1. The highest BCUT2D eigenvalue weighted by Gasteiger charge is 2.27. The SMILES string of the molecule is CC[C@@H](C)[C@@H](NC(=O)C[NH+](C)Cc1ccc(C(=O)NC)cc1)C(=O)OC. The molecule has 0 fully saturated rings. The van der Waals surface area contributed by atoms with Crippen LogP contribution in [0.2, 0.25) is 0 Å². The molecule has 7 nitrogen and oxygen atoms in total. The molecule has 0 saturated heterocycles. The van der Waals surface area contributed by atoms with E-state index in [1.807, 2.05) is 33.0 Å². The fourth-order valence-electron chi connectivity index (χ4n) is 2.62. The number of amides is 2. The molecule has 0 aliphatic carbocycles. The first-order chi connectivity index (χ1) is 12.3. The molecule has 3 atom stereocenters. The Morgan fingerprint density at radius 2 is 1.81 bits per heavy atom. The van der Waals surface area contributed by atoms with Gasteiger partial charge >= 0.3 is 5.97 Å². The lowest BCUT2D eigenvalue weighted by Gasteiger charge is -2.22. The lowest BCUT2D eigenvalue weighted by Crippen LogP contribution is -3.09. The molecular weight excluding hydrogens is 334 g/mol. The number of hydrogen-bond acceptors (Lipinski definition) is 4. The number of likely N-dealkylation sites (N-methyl/N-ethyl adjacent to an activating group) is 1. The van der Waals surface area contributed by atoms with Crippen LogP contribution in [0.25, 0.3) is 0 Å². The second-order valence-corrected chi connectivity index (χ2v) is 6.54. The molecule has 7 heteroatoms. The summed E-state index contributed by atoms with van der Waals surface area (Å²) in [6, 6.07) is 6.65. The van der Waals surface area contributed by atoms with Gasteiger partial charge in [0.25, 0.3) is 11.8 Å². The van der Waals surface area contributed by atoms with Crippen molar-refractivity contribution in [1.29, 1.82) is 0 Å². The highest BCUT2D eigenvalue weighted by atomic mass is 16.5. The fourth-order valence-corrected chi connectivity index (χ4v) is 2.62. The number of carbonyl (C=O) groups excluding carboxylic acids is 3. The van der Waals surface area contributed by atoms with E-state index in [2.05, 4.69) is 10.6 Å². The summed E-state index contributed by atoms with van der Waals surface area (Å²) in [7, 11) is 4.82. The maximum absolute atomic E-state index is 12.3. The van der Waals surface area contributed by atoms with E-state index >= 15 is 0 Å². The molecule has 26 heavy (non-hydrogen) atoms. The smallest absolute Gasteiger partial charge is 0.328 e. The van der Waals surface area contributed by atoms with Crippen LogP contribution in [0.4, 0.5) is 0 Å². The molecule has 1 rings (SSSR count). The van der Waals surface area contributed by atoms with Crippen molar-refractivity contribution < 1.29 is 24.0 Å². The van der Waals surface area contributed by atoms with Gasteiger partial charge in [0.2, 0.25) is 0 Å². The van der Waals surface area contributed by atoms with E-state index in [1.54, 1.807) is 19.2 Å². The van der Waals surface area contributed by atoms with Crippen LogP contribution >= 0.6 is 0 Å². The molecule has 3 N–H and O–H groups in total. The summed E-state index contributed by atoms with van der Waals surface area (Å²) in [5, 5.41) is 5.36. The minimum absolute atomic E-state index is 0.00367. The fraction of sp³-hybridized carbons (Fsp3) is 0.526. The van der Waals surface area contributed by atoms with Crippen molar-refractivity contribution in [3.05, 3.63) is 35.4 Å². The normalized spacial score (nSPS) is 14.0. The number of methoxy groups -OCH3 is 1. The van der Waals surface area contributed by atoms with E-state index in [9.17, 15) is 14.4 Å². The predicted molar refractivity (Wildman–Crippen MR) is 98.7 cm³/mol. The quantitative estimate of drug-likeness (QED) is 0.528. The Labute approximate surface area is 155 Å². The van der Waals surface area contributed by atoms with E-state index in [0.717, 1.165) is 16.9 Å². The monoisotopic (exact) mass is 364 g/mol. The van der Waals surface area contributed by atoms with Gasteiger partial charge in [-0.15, -0.1) is 0 Å². The molecule has 0 spiro atoms. The molecule has 1 aromatic rings. The molecule has 0 saturated carbocycles. The summed E-state index contributed by atoms with van der Waals surface area (Å²) in [6.45, 7) is 4.74. The van der Waals surface area contributed by atoms with Gasteiger partial charge in [-0.05, 0) is 18.1 Å². The van der Waals surface area contributed by atoms with Crippen LogP contribution in [0, 0.1) is 5.92 Å². The zero-order valence-corrected chi connectivity index (χ0v) is 16.2. The highest BCUT2D eigenvalue weighted by molar-refractivity contribution is 5.93. The highest BCUT2D eigenvalue weighted by Crippen LogP contribution is 2.09. The third kappa shape index (κ3) is 6.48. The Hall–Kier alpha value is -2.41. The van der Waals surface area contributed by atoms with Gasteiger partial charge in [0.15, 0.2) is 6.54 Å². The number of hydrogen-bond donors (Lipinski definition) is 3. The van der Waals surface area contributed by atoms with Crippen LogP contribution in [-0.2, 0) is 20.9 Å². The molecule has 1 aromatic carbocycles. The maximum atomic E-state index is 12.3. The molecular formula is C19H30N3O4+. The first-order valence-corrected chi connectivity index (χ1v) is 8.81. The minimum Gasteiger partial charge on any atom is -0.467 e. The standard InChI is InChI=1S/C19H29N3O4/c1-6-13(2)17(19(25)26-5)21-16(23)12-22(4)11-14-7-9-15(10-8-14)18(24)20-3/h7-10,13,17H,6,11-12H2,1-5H3,(H,20,24)(H,21,23)/p+1/t13-,17-/m1/s1. The molecule has 0 aromatic heterocycles. The van der Waals surface area contributed by atoms with E-state index < -0.39 is 12.0 Å². The molecule has 0 bridgehead atoms. The van der Waals surface area contributed by atoms with Crippen LogP contribution in [0.5, 0.6) is 0 Å². The Bertz CT molecular complexity index is 616. The largest absolute Gasteiger partial charge is 0.467 e. The minimum atomic E-state index is -0.628. The average Bonchev–Trinajstić information content (AvgIpc) is 2.64. The lowest BCUT2D eigenvalue weighted by atomic mass is 9.99. The zero-order valence-electron chi connectivity index (χ0n) is 16.2. The first kappa shape index (κ1) is 21.6. The third-order valence-corrected chi connectivity index (χ3v) is 4.40. The number of benzene rings is 1. The Kier molecular flexibility index (Phi) is 8.78. The summed E-state index contributed by atoms with van der Waals surface area (Å²) in [5.74, 6) is -0.741. The first-order valence-electron chi connectivity index (χ1n) is 8.81. The van der Waals surface area contributed by atoms with Gasteiger partial charge < -0.3 is 20.3 Å².